The second kappa shape index (κ2) is 7.28. The third kappa shape index (κ3) is 5.42. The van der Waals surface area contributed by atoms with Crippen LogP contribution in [0.15, 0.2) is 12.3 Å². The molecular weight excluding hydrogens is 266 g/mol. The molecule has 1 rings (SSSR count). The molecule has 6 heteroatoms. The minimum atomic E-state index is -0.470. The van der Waals surface area contributed by atoms with E-state index in [4.69, 9.17) is 11.6 Å². The maximum absolute atomic E-state index is 10.9. The second-order valence-electron chi connectivity index (χ2n) is 5.15. The van der Waals surface area contributed by atoms with Crippen molar-refractivity contribution in [1.29, 1.82) is 0 Å². The minimum Gasteiger partial charge on any atom is -0.362 e. The topological polar surface area (TPSA) is 68.1 Å². The summed E-state index contributed by atoms with van der Waals surface area (Å²) in [5, 5.41) is 14.3. The van der Waals surface area contributed by atoms with E-state index in [0.29, 0.717) is 5.92 Å². The van der Waals surface area contributed by atoms with E-state index >= 15 is 0 Å². The number of aromatic nitrogens is 1. The van der Waals surface area contributed by atoms with Gasteiger partial charge in [0.15, 0.2) is 0 Å². The fraction of sp³-hybridized carbons (Fsp3) is 0.615. The molecule has 106 valence electrons. The summed E-state index contributed by atoms with van der Waals surface area (Å²) in [6.45, 7) is 6.37. The van der Waals surface area contributed by atoms with Gasteiger partial charge in [0, 0.05) is 18.3 Å². The molecule has 1 N–H and O–H groups in total. The predicted octanol–water partition coefficient (Wildman–Crippen LogP) is 4.27. The molecular formula is C13H20ClN3O2. The highest BCUT2D eigenvalue weighted by Crippen LogP contribution is 2.26. The van der Waals surface area contributed by atoms with Gasteiger partial charge in [0.1, 0.15) is 0 Å². The third-order valence-corrected chi connectivity index (χ3v) is 3.04. The van der Waals surface area contributed by atoms with Gasteiger partial charge in [-0.3, -0.25) is 10.1 Å². The van der Waals surface area contributed by atoms with Crippen LogP contribution in [0.2, 0.25) is 5.02 Å². The Morgan fingerprint density at radius 1 is 1.42 bits per heavy atom. The van der Waals surface area contributed by atoms with Gasteiger partial charge in [-0.1, -0.05) is 38.3 Å². The summed E-state index contributed by atoms with van der Waals surface area (Å²) in [7, 11) is 0. The van der Waals surface area contributed by atoms with E-state index < -0.39 is 4.92 Å². The van der Waals surface area contributed by atoms with Gasteiger partial charge in [0.25, 0.3) is 0 Å². The van der Waals surface area contributed by atoms with Gasteiger partial charge in [-0.05, 0) is 19.3 Å². The molecule has 0 aromatic carbocycles. The monoisotopic (exact) mass is 285 g/mol. The molecule has 0 aliphatic carbocycles. The van der Waals surface area contributed by atoms with Crippen molar-refractivity contribution in [3.8, 4) is 0 Å². The van der Waals surface area contributed by atoms with E-state index in [2.05, 4.69) is 24.1 Å². The molecule has 0 aliphatic rings. The maximum Gasteiger partial charge on any atom is 0.312 e. The van der Waals surface area contributed by atoms with Crippen LogP contribution in [-0.2, 0) is 0 Å². The third-order valence-electron chi connectivity index (χ3n) is 2.83. The molecule has 1 unspecified atom stereocenters. The van der Waals surface area contributed by atoms with E-state index in [0.717, 1.165) is 19.3 Å². The predicted molar refractivity (Wildman–Crippen MR) is 77.7 cm³/mol. The molecule has 0 saturated heterocycles. The summed E-state index contributed by atoms with van der Waals surface area (Å²) >= 11 is 5.72. The normalized spacial score (nSPS) is 12.5. The van der Waals surface area contributed by atoms with Crippen LogP contribution in [0.3, 0.4) is 0 Å². The fourth-order valence-corrected chi connectivity index (χ4v) is 1.97. The first kappa shape index (κ1) is 15.7. The van der Waals surface area contributed by atoms with Crippen LogP contribution in [0, 0.1) is 16.0 Å². The average Bonchev–Trinajstić information content (AvgIpc) is 2.30. The zero-order valence-electron chi connectivity index (χ0n) is 11.5. The van der Waals surface area contributed by atoms with Crippen LogP contribution >= 0.6 is 11.6 Å². The molecule has 19 heavy (non-hydrogen) atoms. The fourth-order valence-electron chi connectivity index (χ4n) is 1.82. The molecule has 0 radical (unpaired) electrons. The van der Waals surface area contributed by atoms with Crippen LogP contribution in [0.5, 0.6) is 0 Å². The average molecular weight is 286 g/mol. The van der Waals surface area contributed by atoms with Gasteiger partial charge in [-0.25, -0.2) is 4.98 Å². The lowest BCUT2D eigenvalue weighted by atomic mass is 10.0. The number of anilines is 1. The van der Waals surface area contributed by atoms with Gasteiger partial charge in [0.2, 0.25) is 5.82 Å². The number of nitro groups is 1. The Labute approximate surface area is 118 Å². The molecule has 0 amide bonds. The largest absolute Gasteiger partial charge is 0.362 e. The first-order valence-corrected chi connectivity index (χ1v) is 6.84. The Balaban J connectivity index is 2.63. The minimum absolute atomic E-state index is 0.0804. The van der Waals surface area contributed by atoms with E-state index in [1.807, 2.05) is 6.92 Å². The van der Waals surface area contributed by atoms with E-state index in [9.17, 15) is 10.1 Å². The van der Waals surface area contributed by atoms with Crippen molar-refractivity contribution in [2.24, 2.45) is 5.92 Å². The van der Waals surface area contributed by atoms with Crippen molar-refractivity contribution in [2.75, 3.05) is 5.32 Å². The molecule has 0 spiro atoms. The van der Waals surface area contributed by atoms with Crippen molar-refractivity contribution in [3.63, 3.8) is 0 Å². The molecule has 1 heterocycles. The zero-order valence-corrected chi connectivity index (χ0v) is 12.3. The lowest BCUT2D eigenvalue weighted by Crippen LogP contribution is -2.17. The number of hydrogen-bond donors (Lipinski definition) is 1. The SMILES string of the molecule is CC(C)CCCC(C)Nc1ncc(Cl)cc1[N+](=O)[O-]. The molecule has 0 fully saturated rings. The number of pyridine rings is 1. The van der Waals surface area contributed by atoms with Crippen molar-refractivity contribution < 1.29 is 4.92 Å². The Morgan fingerprint density at radius 3 is 2.68 bits per heavy atom. The number of nitrogens with one attached hydrogen (secondary N) is 1. The summed E-state index contributed by atoms with van der Waals surface area (Å²) in [5.41, 5.74) is -0.0804. The molecule has 0 bridgehead atoms. The quantitative estimate of drug-likeness (QED) is 0.600. The van der Waals surface area contributed by atoms with Crippen molar-refractivity contribution in [2.45, 2.75) is 46.1 Å². The lowest BCUT2D eigenvalue weighted by Gasteiger charge is -2.15. The van der Waals surface area contributed by atoms with E-state index in [1.54, 1.807) is 0 Å². The molecule has 1 aromatic heterocycles. The Bertz CT molecular complexity index is 438. The summed E-state index contributed by atoms with van der Waals surface area (Å²) in [4.78, 5) is 14.5. The van der Waals surface area contributed by atoms with Crippen molar-refractivity contribution in [1.82, 2.24) is 4.98 Å². The van der Waals surface area contributed by atoms with Crippen LogP contribution in [-0.4, -0.2) is 15.9 Å². The summed E-state index contributed by atoms with van der Waals surface area (Å²) in [6, 6.07) is 1.46. The molecule has 5 nitrogen and oxygen atoms in total. The summed E-state index contributed by atoms with van der Waals surface area (Å²) < 4.78 is 0. The smallest absolute Gasteiger partial charge is 0.312 e. The van der Waals surface area contributed by atoms with Crippen LogP contribution in [0.25, 0.3) is 0 Å². The van der Waals surface area contributed by atoms with Crippen LogP contribution in [0.1, 0.15) is 40.0 Å². The first-order valence-electron chi connectivity index (χ1n) is 6.46. The highest BCUT2D eigenvalue weighted by molar-refractivity contribution is 6.30. The Hall–Kier alpha value is -1.36. The second-order valence-corrected chi connectivity index (χ2v) is 5.58. The van der Waals surface area contributed by atoms with Crippen molar-refractivity contribution in [3.05, 3.63) is 27.4 Å². The maximum atomic E-state index is 10.9. The molecule has 1 aromatic rings. The first-order chi connectivity index (χ1) is 8.90. The van der Waals surface area contributed by atoms with Gasteiger partial charge >= 0.3 is 5.69 Å². The van der Waals surface area contributed by atoms with Crippen LogP contribution < -0.4 is 5.32 Å². The summed E-state index contributed by atoms with van der Waals surface area (Å²) in [5.74, 6) is 0.960. The standard InChI is InChI=1S/C13H20ClN3O2/c1-9(2)5-4-6-10(3)16-13-12(17(18)19)7-11(14)8-15-13/h7-10H,4-6H2,1-3H3,(H,15,16). The highest BCUT2D eigenvalue weighted by Gasteiger charge is 2.17. The lowest BCUT2D eigenvalue weighted by molar-refractivity contribution is -0.384. The highest BCUT2D eigenvalue weighted by atomic mass is 35.5. The summed E-state index contributed by atoms with van der Waals surface area (Å²) in [6.07, 6.45) is 4.62. The van der Waals surface area contributed by atoms with Gasteiger partial charge in [-0.2, -0.15) is 0 Å². The van der Waals surface area contributed by atoms with E-state index in [-0.39, 0.29) is 22.6 Å². The number of nitrogens with zero attached hydrogens (tertiary/aromatic N) is 2. The van der Waals surface area contributed by atoms with Gasteiger partial charge in [0.05, 0.1) is 9.95 Å². The van der Waals surface area contributed by atoms with E-state index in [1.165, 1.54) is 12.3 Å². The number of hydrogen-bond acceptors (Lipinski definition) is 4. The Kier molecular flexibility index (Phi) is 6.02. The van der Waals surface area contributed by atoms with Gasteiger partial charge in [-0.15, -0.1) is 0 Å². The van der Waals surface area contributed by atoms with Gasteiger partial charge < -0.3 is 5.32 Å². The molecule has 0 aliphatic heterocycles. The molecule has 0 saturated carbocycles. The Morgan fingerprint density at radius 2 is 2.11 bits per heavy atom. The zero-order chi connectivity index (χ0) is 14.4. The molecule has 1 atom stereocenters. The van der Waals surface area contributed by atoms with Crippen molar-refractivity contribution >= 4 is 23.1 Å². The number of rotatable bonds is 7. The van der Waals surface area contributed by atoms with Crippen LogP contribution in [0.4, 0.5) is 11.5 Å². The number of halogens is 1.